The highest BCUT2D eigenvalue weighted by molar-refractivity contribution is 6.00. The van der Waals surface area contributed by atoms with Crippen LogP contribution < -0.4 is 10.6 Å². The Morgan fingerprint density at radius 1 is 0.906 bits per heavy atom. The number of nitrogens with one attached hydrogen (secondary N) is 2. The summed E-state index contributed by atoms with van der Waals surface area (Å²) in [4.78, 5) is 48.4. The molecule has 0 fully saturated rings. The highest BCUT2D eigenvalue weighted by atomic mass is 16.5. The summed E-state index contributed by atoms with van der Waals surface area (Å²) in [6.45, 7) is 3.18. The maximum Gasteiger partial charge on any atom is 0.408 e. The molecule has 1 unspecified atom stereocenters. The van der Waals surface area contributed by atoms with Gasteiger partial charge in [0.1, 0.15) is 12.6 Å². The minimum Gasteiger partial charge on any atom is -0.455 e. The minimum atomic E-state index is -0.978. The van der Waals surface area contributed by atoms with E-state index in [-0.39, 0.29) is 12.5 Å². The number of alkyl carbamates (subject to hydrolysis) is 1. The Labute approximate surface area is 187 Å². The normalized spacial score (nSPS) is 11.3. The Morgan fingerprint density at radius 3 is 2.16 bits per heavy atom. The first kappa shape index (κ1) is 24.6. The number of carbonyl (C=O) groups is 4. The van der Waals surface area contributed by atoms with Crippen LogP contribution in [-0.4, -0.2) is 36.5 Å². The largest absolute Gasteiger partial charge is 0.455 e. The molecule has 0 heterocycles. The number of hydrogen-bond acceptors (Lipinski definition) is 6. The quantitative estimate of drug-likeness (QED) is 0.551. The van der Waals surface area contributed by atoms with Gasteiger partial charge in [-0.05, 0) is 23.5 Å². The molecule has 1 atom stereocenters. The highest BCUT2D eigenvalue weighted by Gasteiger charge is 2.24. The third kappa shape index (κ3) is 9.42. The first-order chi connectivity index (χ1) is 15.3. The van der Waals surface area contributed by atoms with Crippen LogP contribution in [0.25, 0.3) is 0 Å². The average molecular weight is 439 g/mol. The molecule has 0 aliphatic rings. The van der Waals surface area contributed by atoms with Gasteiger partial charge in [0.05, 0.1) is 6.42 Å². The van der Waals surface area contributed by atoms with Gasteiger partial charge in [-0.3, -0.25) is 19.7 Å². The van der Waals surface area contributed by atoms with Crippen LogP contribution >= 0.6 is 0 Å². The molecule has 32 heavy (non-hydrogen) atoms. The van der Waals surface area contributed by atoms with Gasteiger partial charge in [0.25, 0.3) is 5.91 Å². The second-order valence-corrected chi connectivity index (χ2v) is 7.46. The summed E-state index contributed by atoms with van der Waals surface area (Å²) in [7, 11) is 0. The van der Waals surface area contributed by atoms with Crippen LogP contribution in [0.2, 0.25) is 0 Å². The fraction of sp³-hybridized carbons (Fsp3) is 0.292. The van der Waals surface area contributed by atoms with Crippen molar-refractivity contribution in [2.45, 2.75) is 32.9 Å². The first-order valence-corrected chi connectivity index (χ1v) is 10.2. The van der Waals surface area contributed by atoms with E-state index in [0.29, 0.717) is 12.0 Å². The van der Waals surface area contributed by atoms with Crippen LogP contribution in [0.4, 0.5) is 4.79 Å². The monoisotopic (exact) mass is 439 g/mol. The molecule has 0 spiro atoms. The second-order valence-electron chi connectivity index (χ2n) is 7.46. The SMILES string of the molecule is CC(C)CC(NC(=O)OCc1ccccc1)C(=O)NC(=O)COC(=O)[CH]c1ccccc1. The lowest BCUT2D eigenvalue weighted by Gasteiger charge is -2.19. The number of amides is 3. The van der Waals surface area contributed by atoms with E-state index in [0.717, 1.165) is 5.56 Å². The van der Waals surface area contributed by atoms with Gasteiger partial charge in [-0.2, -0.15) is 0 Å². The van der Waals surface area contributed by atoms with Crippen molar-refractivity contribution < 1.29 is 28.7 Å². The molecule has 2 N–H and O–H groups in total. The van der Waals surface area contributed by atoms with Crippen molar-refractivity contribution in [3.8, 4) is 0 Å². The van der Waals surface area contributed by atoms with Gasteiger partial charge in [-0.25, -0.2) is 4.79 Å². The summed E-state index contributed by atoms with van der Waals surface area (Å²) < 4.78 is 10.0. The lowest BCUT2D eigenvalue weighted by molar-refractivity contribution is -0.146. The Kier molecular flexibility index (Phi) is 9.90. The Hall–Kier alpha value is -3.68. The molecule has 3 amide bonds. The van der Waals surface area contributed by atoms with Crippen molar-refractivity contribution in [1.29, 1.82) is 0 Å². The van der Waals surface area contributed by atoms with Crippen LogP contribution in [0.15, 0.2) is 60.7 Å². The fourth-order valence-electron chi connectivity index (χ4n) is 2.73. The van der Waals surface area contributed by atoms with Crippen LogP contribution in [0.3, 0.4) is 0 Å². The Morgan fingerprint density at radius 2 is 1.53 bits per heavy atom. The molecule has 2 rings (SSSR count). The van der Waals surface area contributed by atoms with E-state index < -0.39 is 36.5 Å². The lowest BCUT2D eigenvalue weighted by Crippen LogP contribution is -2.49. The van der Waals surface area contributed by atoms with Gasteiger partial charge < -0.3 is 14.8 Å². The first-order valence-electron chi connectivity index (χ1n) is 10.2. The van der Waals surface area contributed by atoms with Gasteiger partial charge in [0.15, 0.2) is 6.61 Å². The minimum absolute atomic E-state index is 0.0511. The zero-order chi connectivity index (χ0) is 23.3. The molecule has 8 nitrogen and oxygen atoms in total. The predicted octanol–water partition coefficient (Wildman–Crippen LogP) is 2.77. The van der Waals surface area contributed by atoms with E-state index in [1.54, 1.807) is 42.5 Å². The molecule has 2 aromatic carbocycles. The van der Waals surface area contributed by atoms with Crippen molar-refractivity contribution in [2.75, 3.05) is 6.61 Å². The van der Waals surface area contributed by atoms with E-state index in [9.17, 15) is 19.2 Å². The van der Waals surface area contributed by atoms with Crippen LogP contribution in [-0.2, 0) is 30.5 Å². The molecule has 8 heteroatoms. The number of rotatable bonds is 10. The molecule has 2 aromatic rings. The lowest BCUT2D eigenvalue weighted by atomic mass is 10.0. The van der Waals surface area contributed by atoms with E-state index in [4.69, 9.17) is 9.47 Å². The van der Waals surface area contributed by atoms with Gasteiger partial charge >= 0.3 is 12.1 Å². The summed E-state index contributed by atoms with van der Waals surface area (Å²) in [5, 5.41) is 4.63. The molecular weight excluding hydrogens is 412 g/mol. The second kappa shape index (κ2) is 12.9. The molecule has 0 aliphatic heterocycles. The molecule has 169 valence electrons. The third-order valence-electron chi connectivity index (χ3n) is 4.22. The summed E-state index contributed by atoms with van der Waals surface area (Å²) >= 11 is 0. The van der Waals surface area contributed by atoms with Gasteiger partial charge in [-0.15, -0.1) is 0 Å². The number of carbonyl (C=O) groups excluding carboxylic acids is 4. The highest BCUT2D eigenvalue weighted by Crippen LogP contribution is 2.07. The number of hydrogen-bond donors (Lipinski definition) is 2. The number of esters is 1. The molecule has 0 bridgehead atoms. The van der Waals surface area contributed by atoms with E-state index in [2.05, 4.69) is 10.6 Å². The zero-order valence-electron chi connectivity index (χ0n) is 18.1. The number of ether oxygens (including phenoxy) is 2. The van der Waals surface area contributed by atoms with Crippen molar-refractivity contribution in [2.24, 2.45) is 5.92 Å². The van der Waals surface area contributed by atoms with E-state index >= 15 is 0 Å². The maximum absolute atomic E-state index is 12.5. The van der Waals surface area contributed by atoms with Crippen molar-refractivity contribution in [3.05, 3.63) is 78.2 Å². The Bertz CT molecular complexity index is 899. The molecule has 0 aromatic heterocycles. The third-order valence-corrected chi connectivity index (χ3v) is 4.22. The van der Waals surface area contributed by atoms with Crippen molar-refractivity contribution in [1.82, 2.24) is 10.6 Å². The molecule has 0 saturated heterocycles. The van der Waals surface area contributed by atoms with Gasteiger partial charge in [-0.1, -0.05) is 74.5 Å². The average Bonchev–Trinajstić information content (AvgIpc) is 2.77. The molecule has 1 radical (unpaired) electrons. The smallest absolute Gasteiger partial charge is 0.408 e. The number of benzene rings is 2. The van der Waals surface area contributed by atoms with Crippen molar-refractivity contribution in [3.63, 3.8) is 0 Å². The van der Waals surface area contributed by atoms with Crippen LogP contribution in [0, 0.1) is 12.3 Å². The molecular formula is C24H27N2O6. The summed E-state index contributed by atoms with van der Waals surface area (Å²) in [5.41, 5.74) is 1.43. The summed E-state index contributed by atoms with van der Waals surface area (Å²) in [6, 6.07) is 16.9. The molecule has 0 saturated carbocycles. The van der Waals surface area contributed by atoms with Gasteiger partial charge in [0.2, 0.25) is 5.91 Å². The standard InChI is InChI=1S/C24H27N2O6/c1-17(2)13-20(25-24(30)32-15-19-11-7-4-8-12-19)23(29)26-21(27)16-31-22(28)14-18-9-5-3-6-10-18/h3-12,14,17,20H,13,15-16H2,1-2H3,(H,25,30)(H,26,27,29). The maximum atomic E-state index is 12.5. The summed E-state index contributed by atoms with van der Waals surface area (Å²) in [5.74, 6) is -2.14. The van der Waals surface area contributed by atoms with Crippen LogP contribution in [0.5, 0.6) is 0 Å². The fourth-order valence-corrected chi connectivity index (χ4v) is 2.73. The number of imide groups is 1. The summed E-state index contributed by atoms with van der Waals surface area (Å²) in [6.07, 6.45) is 0.758. The zero-order valence-corrected chi connectivity index (χ0v) is 18.1. The Balaban J connectivity index is 1.80. The van der Waals surface area contributed by atoms with Crippen molar-refractivity contribution >= 4 is 23.9 Å². The topological polar surface area (TPSA) is 111 Å². The van der Waals surface area contributed by atoms with Gasteiger partial charge in [0, 0.05) is 0 Å². The van der Waals surface area contributed by atoms with E-state index in [1.807, 2.05) is 32.0 Å². The molecule has 0 aliphatic carbocycles. The van der Waals surface area contributed by atoms with E-state index in [1.165, 1.54) is 6.42 Å². The van der Waals surface area contributed by atoms with Crippen LogP contribution in [0.1, 0.15) is 31.4 Å². The predicted molar refractivity (Wildman–Crippen MR) is 117 cm³/mol.